The van der Waals surface area contributed by atoms with Crippen molar-refractivity contribution in [2.75, 3.05) is 12.8 Å². The van der Waals surface area contributed by atoms with Gasteiger partial charge >= 0.3 is 5.97 Å². The van der Waals surface area contributed by atoms with Gasteiger partial charge in [0, 0.05) is 11.3 Å². The Bertz CT molecular complexity index is 430. The second-order valence-electron chi connectivity index (χ2n) is 3.25. The molecule has 1 rings (SSSR count). The lowest BCUT2D eigenvalue weighted by Gasteiger charge is -2.08. The summed E-state index contributed by atoms with van der Waals surface area (Å²) < 4.78 is 4.59. The van der Waals surface area contributed by atoms with Gasteiger partial charge in [0.2, 0.25) is 0 Å². The van der Waals surface area contributed by atoms with Crippen molar-refractivity contribution in [1.82, 2.24) is 0 Å². The van der Waals surface area contributed by atoms with Crippen LogP contribution >= 0.6 is 0 Å². The van der Waals surface area contributed by atoms with Crippen molar-refractivity contribution >= 4 is 11.7 Å². The summed E-state index contributed by atoms with van der Waals surface area (Å²) in [6.07, 6.45) is 5.48. The molecule has 0 spiro atoms. The van der Waals surface area contributed by atoms with Crippen LogP contribution in [0.2, 0.25) is 0 Å². The summed E-state index contributed by atoms with van der Waals surface area (Å²) >= 11 is 0. The number of anilines is 1. The number of hydrogen-bond donors (Lipinski definition) is 1. The van der Waals surface area contributed by atoms with Crippen LogP contribution < -0.4 is 5.73 Å². The molecular weight excluding hydrogens is 190 g/mol. The maximum Gasteiger partial charge on any atom is 0.309 e. The Kier molecular flexibility index (Phi) is 3.35. The highest BCUT2D eigenvalue weighted by atomic mass is 16.5. The molecule has 0 aliphatic heterocycles. The topological polar surface area (TPSA) is 52.3 Å². The van der Waals surface area contributed by atoms with E-state index in [1.165, 1.54) is 7.11 Å². The first-order valence-electron chi connectivity index (χ1n) is 4.51. The average molecular weight is 203 g/mol. The van der Waals surface area contributed by atoms with Crippen LogP contribution in [0.5, 0.6) is 0 Å². The largest absolute Gasteiger partial charge is 0.469 e. The van der Waals surface area contributed by atoms with Gasteiger partial charge in [-0.1, -0.05) is 5.92 Å². The SMILES string of the molecule is C#Cc1cc(N)c(C)c(CC(=O)OC)c1. The van der Waals surface area contributed by atoms with Crippen molar-refractivity contribution in [2.45, 2.75) is 13.3 Å². The van der Waals surface area contributed by atoms with E-state index in [1.807, 2.05) is 6.92 Å². The van der Waals surface area contributed by atoms with Crippen molar-refractivity contribution in [2.24, 2.45) is 0 Å². The number of esters is 1. The monoisotopic (exact) mass is 203 g/mol. The number of rotatable bonds is 2. The zero-order valence-corrected chi connectivity index (χ0v) is 8.83. The standard InChI is InChI=1S/C12H13NO2/c1-4-9-5-10(7-12(14)15-3)8(2)11(13)6-9/h1,5-6H,7,13H2,2-3H3. The minimum atomic E-state index is -0.299. The molecule has 1 aromatic rings. The molecule has 15 heavy (non-hydrogen) atoms. The Morgan fingerprint density at radius 2 is 2.27 bits per heavy atom. The van der Waals surface area contributed by atoms with Crippen LogP contribution in [0.4, 0.5) is 5.69 Å². The second-order valence-corrected chi connectivity index (χ2v) is 3.25. The molecule has 3 heteroatoms. The smallest absolute Gasteiger partial charge is 0.309 e. The molecule has 0 atom stereocenters. The predicted molar refractivity (Wildman–Crippen MR) is 59.2 cm³/mol. The number of methoxy groups -OCH3 is 1. The van der Waals surface area contributed by atoms with Gasteiger partial charge in [0.25, 0.3) is 0 Å². The van der Waals surface area contributed by atoms with E-state index in [4.69, 9.17) is 12.2 Å². The minimum Gasteiger partial charge on any atom is -0.469 e. The maximum atomic E-state index is 11.1. The molecule has 0 amide bonds. The van der Waals surface area contributed by atoms with Gasteiger partial charge in [0.15, 0.2) is 0 Å². The van der Waals surface area contributed by atoms with Gasteiger partial charge in [-0.15, -0.1) is 6.42 Å². The van der Waals surface area contributed by atoms with Crippen molar-refractivity contribution in [1.29, 1.82) is 0 Å². The summed E-state index contributed by atoms with van der Waals surface area (Å²) in [5, 5.41) is 0. The van der Waals surface area contributed by atoms with E-state index in [-0.39, 0.29) is 12.4 Å². The number of hydrogen-bond acceptors (Lipinski definition) is 3. The number of nitrogen functional groups attached to an aromatic ring is 1. The van der Waals surface area contributed by atoms with E-state index in [0.29, 0.717) is 11.3 Å². The van der Waals surface area contributed by atoms with Gasteiger partial charge < -0.3 is 10.5 Å². The summed E-state index contributed by atoms with van der Waals surface area (Å²) in [4.78, 5) is 11.1. The molecule has 0 bridgehead atoms. The van der Waals surface area contributed by atoms with Gasteiger partial charge in [-0.2, -0.15) is 0 Å². The predicted octanol–water partition coefficient (Wildman–Crippen LogP) is 1.27. The molecule has 0 radical (unpaired) electrons. The molecule has 0 saturated heterocycles. The second kappa shape index (κ2) is 4.52. The molecule has 0 fully saturated rings. The van der Waals surface area contributed by atoms with E-state index < -0.39 is 0 Å². The molecule has 2 N–H and O–H groups in total. The summed E-state index contributed by atoms with van der Waals surface area (Å²) in [6, 6.07) is 3.50. The van der Waals surface area contributed by atoms with Crippen LogP contribution in [-0.2, 0) is 16.0 Å². The summed E-state index contributed by atoms with van der Waals surface area (Å²) in [6.45, 7) is 1.86. The highest BCUT2D eigenvalue weighted by Gasteiger charge is 2.09. The van der Waals surface area contributed by atoms with Crippen LogP contribution in [-0.4, -0.2) is 13.1 Å². The van der Waals surface area contributed by atoms with Crippen LogP contribution in [0.3, 0.4) is 0 Å². The molecule has 3 nitrogen and oxygen atoms in total. The first kappa shape index (κ1) is 11.1. The van der Waals surface area contributed by atoms with Crippen molar-refractivity contribution < 1.29 is 9.53 Å². The van der Waals surface area contributed by atoms with Crippen LogP contribution in [0, 0.1) is 19.3 Å². The number of carbonyl (C=O) groups is 1. The Balaban J connectivity index is 3.12. The fraction of sp³-hybridized carbons (Fsp3) is 0.250. The number of carbonyl (C=O) groups excluding carboxylic acids is 1. The Hall–Kier alpha value is -1.95. The fourth-order valence-corrected chi connectivity index (χ4v) is 1.29. The van der Waals surface area contributed by atoms with Crippen LogP contribution in [0.25, 0.3) is 0 Å². The van der Waals surface area contributed by atoms with Crippen molar-refractivity contribution in [3.05, 3.63) is 28.8 Å². The molecule has 78 valence electrons. The van der Waals surface area contributed by atoms with Crippen molar-refractivity contribution in [3.8, 4) is 12.3 Å². The summed E-state index contributed by atoms with van der Waals surface area (Å²) in [7, 11) is 1.35. The Labute approximate surface area is 89.2 Å². The zero-order chi connectivity index (χ0) is 11.4. The molecule has 0 aromatic heterocycles. The zero-order valence-electron chi connectivity index (χ0n) is 8.83. The van der Waals surface area contributed by atoms with Crippen LogP contribution in [0.15, 0.2) is 12.1 Å². The molecule has 1 aromatic carbocycles. The third kappa shape index (κ3) is 2.50. The van der Waals surface area contributed by atoms with Crippen molar-refractivity contribution in [3.63, 3.8) is 0 Å². The molecule has 0 heterocycles. The lowest BCUT2D eigenvalue weighted by molar-refractivity contribution is -0.139. The summed E-state index contributed by atoms with van der Waals surface area (Å²) in [5.74, 6) is 2.20. The van der Waals surface area contributed by atoms with Crippen LogP contribution in [0.1, 0.15) is 16.7 Å². The lowest BCUT2D eigenvalue weighted by atomic mass is 10.0. The fourth-order valence-electron chi connectivity index (χ4n) is 1.29. The maximum absolute atomic E-state index is 11.1. The number of terminal acetylenes is 1. The van der Waals surface area contributed by atoms with Gasteiger partial charge in [-0.3, -0.25) is 4.79 Å². The normalized spacial score (nSPS) is 9.40. The number of benzene rings is 1. The van der Waals surface area contributed by atoms with E-state index in [1.54, 1.807) is 12.1 Å². The van der Waals surface area contributed by atoms with Gasteiger partial charge in [0.1, 0.15) is 0 Å². The highest BCUT2D eigenvalue weighted by Crippen LogP contribution is 2.19. The molecule has 0 aliphatic carbocycles. The number of ether oxygens (including phenoxy) is 1. The summed E-state index contributed by atoms with van der Waals surface area (Å²) in [5.41, 5.74) is 8.73. The van der Waals surface area contributed by atoms with E-state index in [9.17, 15) is 4.79 Å². The molecule has 0 saturated carbocycles. The third-order valence-electron chi connectivity index (χ3n) is 2.28. The quantitative estimate of drug-likeness (QED) is 0.447. The Morgan fingerprint density at radius 1 is 1.60 bits per heavy atom. The Morgan fingerprint density at radius 3 is 2.80 bits per heavy atom. The first-order valence-corrected chi connectivity index (χ1v) is 4.51. The number of nitrogens with two attached hydrogens (primary N) is 1. The molecular formula is C12H13NO2. The van der Waals surface area contributed by atoms with E-state index in [0.717, 1.165) is 11.1 Å². The lowest BCUT2D eigenvalue weighted by Crippen LogP contribution is -2.07. The van der Waals surface area contributed by atoms with Gasteiger partial charge in [0.05, 0.1) is 13.5 Å². The minimum absolute atomic E-state index is 0.196. The highest BCUT2D eigenvalue weighted by molar-refractivity contribution is 5.74. The molecule has 0 unspecified atom stereocenters. The van der Waals surface area contributed by atoms with E-state index >= 15 is 0 Å². The molecule has 0 aliphatic rings. The average Bonchev–Trinajstić information content (AvgIpc) is 2.24. The third-order valence-corrected chi connectivity index (χ3v) is 2.28. The van der Waals surface area contributed by atoms with Gasteiger partial charge in [-0.25, -0.2) is 0 Å². The first-order chi connectivity index (χ1) is 7.08. The van der Waals surface area contributed by atoms with Gasteiger partial charge in [-0.05, 0) is 30.2 Å². The van der Waals surface area contributed by atoms with E-state index in [2.05, 4.69) is 10.7 Å².